The summed E-state index contributed by atoms with van der Waals surface area (Å²) in [7, 11) is 0. The van der Waals surface area contributed by atoms with Gasteiger partial charge in [0.05, 0.1) is 0 Å². The van der Waals surface area contributed by atoms with Crippen LogP contribution in [0.15, 0.2) is 12.2 Å². The van der Waals surface area contributed by atoms with E-state index in [0.29, 0.717) is 0 Å². The second-order valence-corrected chi connectivity index (χ2v) is 2.31. The normalized spacial score (nSPS) is 22.6. The minimum Gasteiger partial charge on any atom is -0.0998 e. The maximum absolute atomic E-state index is 3.67. The van der Waals surface area contributed by atoms with Crippen LogP contribution >= 0.6 is 0 Å². The Morgan fingerprint density at radius 1 is 1.00 bits per heavy atom. The summed E-state index contributed by atoms with van der Waals surface area (Å²) >= 11 is 0. The lowest BCUT2D eigenvalue weighted by atomic mass is 10.7. The molecular formula is C7H12. The minimum absolute atomic E-state index is 1.29. The molecule has 2 saturated carbocycles. The van der Waals surface area contributed by atoms with Crippen LogP contribution in [0.3, 0.4) is 0 Å². The molecule has 0 spiro atoms. The molecule has 0 heterocycles. The molecule has 0 heteroatoms. The highest BCUT2D eigenvalue weighted by atomic mass is 14.1. The van der Waals surface area contributed by atoms with Crippen molar-refractivity contribution in [1.29, 1.82) is 0 Å². The first kappa shape index (κ1) is 4.89. The first-order valence-electron chi connectivity index (χ1n) is 3.06. The fourth-order valence-electron chi connectivity index (χ4n) is 0.0884. The van der Waals surface area contributed by atoms with Crippen molar-refractivity contribution in [3.05, 3.63) is 12.2 Å². The van der Waals surface area contributed by atoms with Crippen LogP contribution in [-0.2, 0) is 0 Å². The monoisotopic (exact) mass is 96.1 g/mol. The summed E-state index contributed by atoms with van der Waals surface area (Å²) < 4.78 is 0. The van der Waals surface area contributed by atoms with Crippen LogP contribution in [0.1, 0.15) is 32.1 Å². The van der Waals surface area contributed by atoms with Gasteiger partial charge in [-0.2, -0.15) is 0 Å². The maximum Gasteiger partial charge on any atom is -0.0286 e. The third-order valence-electron chi connectivity index (χ3n) is 0.957. The van der Waals surface area contributed by atoms with E-state index in [1.54, 1.807) is 0 Å². The Kier molecular flexibility index (Phi) is 1.50. The van der Waals surface area contributed by atoms with Gasteiger partial charge in [0.1, 0.15) is 0 Å². The van der Waals surface area contributed by atoms with E-state index in [-0.39, 0.29) is 0 Å². The summed E-state index contributed by atoms with van der Waals surface area (Å²) in [5.41, 5.74) is 1.42. The smallest absolute Gasteiger partial charge is 0.0286 e. The largest absolute Gasteiger partial charge is 0.0998 e. The molecule has 0 unspecified atom stereocenters. The summed E-state index contributed by atoms with van der Waals surface area (Å²) in [4.78, 5) is 0. The summed E-state index contributed by atoms with van der Waals surface area (Å²) in [6, 6.07) is 0. The molecule has 0 aliphatic heterocycles. The summed E-state index contributed by atoms with van der Waals surface area (Å²) in [6.45, 7) is 3.67. The Bertz CT molecular complexity index is 61.4. The minimum atomic E-state index is 1.29. The van der Waals surface area contributed by atoms with Crippen LogP contribution in [0.25, 0.3) is 0 Å². The van der Waals surface area contributed by atoms with Crippen molar-refractivity contribution in [2.24, 2.45) is 0 Å². The van der Waals surface area contributed by atoms with E-state index < -0.39 is 0 Å². The molecule has 0 atom stereocenters. The molecule has 0 amide bonds. The molecule has 0 aromatic carbocycles. The van der Waals surface area contributed by atoms with E-state index in [9.17, 15) is 0 Å². The molecule has 0 aromatic heterocycles. The van der Waals surface area contributed by atoms with Crippen LogP contribution in [0.2, 0.25) is 0 Å². The molecule has 40 valence electrons. The van der Waals surface area contributed by atoms with Gasteiger partial charge in [0.15, 0.2) is 0 Å². The number of hydrogen-bond donors (Lipinski definition) is 0. The Hall–Kier alpha value is -0.260. The zero-order valence-electron chi connectivity index (χ0n) is 4.74. The average Bonchev–Trinajstić information content (AvgIpc) is 2.27. The topological polar surface area (TPSA) is 0 Å². The average molecular weight is 96.2 g/mol. The Morgan fingerprint density at radius 2 is 1.29 bits per heavy atom. The van der Waals surface area contributed by atoms with Crippen molar-refractivity contribution in [2.45, 2.75) is 32.1 Å². The molecule has 2 rings (SSSR count). The van der Waals surface area contributed by atoms with Crippen LogP contribution < -0.4 is 0 Å². The van der Waals surface area contributed by atoms with Crippen LogP contribution in [0.4, 0.5) is 0 Å². The molecular weight excluding hydrogens is 84.1 g/mol. The van der Waals surface area contributed by atoms with E-state index in [1.165, 1.54) is 37.7 Å². The summed E-state index contributed by atoms with van der Waals surface area (Å²) in [6.07, 6.45) is 7.08. The number of allylic oxidation sites excluding steroid dienone is 1. The standard InChI is InChI=1S/C4H6.C3H6/c1-4-2-3-4;1-2-3-1/h1-3H2;1-3H2. The van der Waals surface area contributed by atoms with Crippen molar-refractivity contribution in [1.82, 2.24) is 0 Å². The van der Waals surface area contributed by atoms with Gasteiger partial charge in [-0.1, -0.05) is 31.4 Å². The van der Waals surface area contributed by atoms with Crippen molar-refractivity contribution >= 4 is 0 Å². The second kappa shape index (κ2) is 2.15. The van der Waals surface area contributed by atoms with E-state index in [0.717, 1.165) is 0 Å². The molecule has 7 heavy (non-hydrogen) atoms. The molecule has 2 aliphatic rings. The van der Waals surface area contributed by atoms with Gasteiger partial charge in [-0.05, 0) is 12.8 Å². The van der Waals surface area contributed by atoms with Gasteiger partial charge in [-0.15, -0.1) is 0 Å². The first-order chi connectivity index (χ1) is 3.39. The van der Waals surface area contributed by atoms with E-state index in [1.807, 2.05) is 0 Å². The molecule has 0 bridgehead atoms. The Labute approximate surface area is 45.2 Å². The molecule has 0 nitrogen and oxygen atoms in total. The fourth-order valence-corrected chi connectivity index (χ4v) is 0.0884. The Morgan fingerprint density at radius 3 is 1.29 bits per heavy atom. The molecule has 2 aliphatic carbocycles. The van der Waals surface area contributed by atoms with Gasteiger partial charge in [0.2, 0.25) is 0 Å². The van der Waals surface area contributed by atoms with Gasteiger partial charge in [0.25, 0.3) is 0 Å². The molecule has 0 N–H and O–H groups in total. The summed E-state index contributed by atoms with van der Waals surface area (Å²) in [5.74, 6) is 0. The van der Waals surface area contributed by atoms with Crippen molar-refractivity contribution in [2.75, 3.05) is 0 Å². The zero-order chi connectivity index (χ0) is 5.11. The van der Waals surface area contributed by atoms with Crippen LogP contribution in [0, 0.1) is 0 Å². The fraction of sp³-hybridized carbons (Fsp3) is 0.714. The van der Waals surface area contributed by atoms with Crippen LogP contribution in [-0.4, -0.2) is 0 Å². The Balaban J connectivity index is 0.0000000729. The van der Waals surface area contributed by atoms with Crippen LogP contribution in [0.5, 0.6) is 0 Å². The zero-order valence-corrected chi connectivity index (χ0v) is 4.74. The van der Waals surface area contributed by atoms with E-state index in [2.05, 4.69) is 6.58 Å². The van der Waals surface area contributed by atoms with Gasteiger partial charge < -0.3 is 0 Å². The lowest BCUT2D eigenvalue weighted by Gasteiger charge is -1.34. The number of hydrogen-bond acceptors (Lipinski definition) is 0. The number of rotatable bonds is 0. The van der Waals surface area contributed by atoms with Gasteiger partial charge in [0, 0.05) is 0 Å². The lowest BCUT2D eigenvalue weighted by molar-refractivity contribution is 1.50. The summed E-state index contributed by atoms with van der Waals surface area (Å²) in [5, 5.41) is 0. The predicted octanol–water partition coefficient (Wildman–Crippen LogP) is 2.51. The molecule has 0 saturated heterocycles. The third kappa shape index (κ3) is 5.74. The lowest BCUT2D eigenvalue weighted by Crippen LogP contribution is -1.12. The van der Waals surface area contributed by atoms with E-state index >= 15 is 0 Å². The van der Waals surface area contributed by atoms with Crippen molar-refractivity contribution < 1.29 is 0 Å². The van der Waals surface area contributed by atoms with Gasteiger partial charge in [-0.25, -0.2) is 0 Å². The first-order valence-corrected chi connectivity index (χ1v) is 3.06. The molecule has 0 radical (unpaired) electrons. The highest BCUT2D eigenvalue weighted by Gasteiger charge is 2.04. The highest BCUT2D eigenvalue weighted by Crippen LogP contribution is 2.23. The van der Waals surface area contributed by atoms with Crippen molar-refractivity contribution in [3.8, 4) is 0 Å². The predicted molar refractivity (Wildman–Crippen MR) is 32.2 cm³/mol. The van der Waals surface area contributed by atoms with Crippen molar-refractivity contribution in [3.63, 3.8) is 0 Å². The molecule has 0 aromatic rings. The third-order valence-corrected chi connectivity index (χ3v) is 0.957. The van der Waals surface area contributed by atoms with E-state index in [4.69, 9.17) is 0 Å². The SMILES string of the molecule is C1CC1.C=C1CC1. The quantitative estimate of drug-likeness (QED) is 0.406. The molecule has 2 fully saturated rings. The maximum atomic E-state index is 3.67. The highest BCUT2D eigenvalue weighted by molar-refractivity contribution is 5.09. The van der Waals surface area contributed by atoms with Gasteiger partial charge in [-0.3, -0.25) is 0 Å². The second-order valence-electron chi connectivity index (χ2n) is 2.31. The van der Waals surface area contributed by atoms with Gasteiger partial charge >= 0.3 is 0 Å².